The molecule has 0 aliphatic carbocycles. The van der Waals surface area contributed by atoms with Gasteiger partial charge >= 0.3 is 5.97 Å². The van der Waals surface area contributed by atoms with Crippen molar-refractivity contribution >= 4 is 11.9 Å². The van der Waals surface area contributed by atoms with E-state index in [0.717, 1.165) is 6.07 Å². The summed E-state index contributed by atoms with van der Waals surface area (Å²) in [6, 6.07) is 0.122. The molecule has 18 heavy (non-hydrogen) atoms. The SMILES string of the molecule is CC[C@@H](NC(=O)c1ccc(F)c(F)c1F)C(=O)O. The zero-order valence-electron chi connectivity index (χ0n) is 9.34. The van der Waals surface area contributed by atoms with Crippen molar-refractivity contribution in [3.63, 3.8) is 0 Å². The molecule has 1 atom stereocenters. The molecule has 0 fully saturated rings. The third-order valence-corrected chi connectivity index (χ3v) is 2.29. The van der Waals surface area contributed by atoms with Gasteiger partial charge in [-0.25, -0.2) is 18.0 Å². The number of benzene rings is 1. The van der Waals surface area contributed by atoms with E-state index in [2.05, 4.69) is 0 Å². The summed E-state index contributed by atoms with van der Waals surface area (Å²) in [5.41, 5.74) is -0.742. The maximum absolute atomic E-state index is 13.2. The Labute approximate surface area is 100 Å². The molecular weight excluding hydrogens is 251 g/mol. The van der Waals surface area contributed by atoms with Crippen molar-refractivity contribution in [2.75, 3.05) is 0 Å². The summed E-state index contributed by atoms with van der Waals surface area (Å²) in [4.78, 5) is 22.2. The number of amides is 1. The second kappa shape index (κ2) is 5.52. The van der Waals surface area contributed by atoms with Crippen molar-refractivity contribution in [3.8, 4) is 0 Å². The second-order valence-corrected chi connectivity index (χ2v) is 3.50. The number of halogens is 3. The van der Waals surface area contributed by atoms with Gasteiger partial charge in [0.05, 0.1) is 5.56 Å². The minimum atomic E-state index is -1.77. The Morgan fingerprint density at radius 2 is 1.89 bits per heavy atom. The van der Waals surface area contributed by atoms with Gasteiger partial charge in [-0.1, -0.05) is 6.92 Å². The Morgan fingerprint density at radius 1 is 1.28 bits per heavy atom. The van der Waals surface area contributed by atoms with Crippen LogP contribution in [-0.4, -0.2) is 23.0 Å². The lowest BCUT2D eigenvalue weighted by Gasteiger charge is -2.12. The van der Waals surface area contributed by atoms with E-state index in [9.17, 15) is 22.8 Å². The zero-order chi connectivity index (χ0) is 13.9. The van der Waals surface area contributed by atoms with Gasteiger partial charge in [0.2, 0.25) is 0 Å². The average molecular weight is 261 g/mol. The van der Waals surface area contributed by atoms with E-state index in [0.29, 0.717) is 6.07 Å². The number of rotatable bonds is 4. The van der Waals surface area contributed by atoms with E-state index in [4.69, 9.17) is 5.11 Å². The molecule has 1 amide bonds. The monoisotopic (exact) mass is 261 g/mol. The zero-order valence-corrected chi connectivity index (χ0v) is 9.34. The minimum Gasteiger partial charge on any atom is -0.480 e. The highest BCUT2D eigenvalue weighted by atomic mass is 19.2. The summed E-state index contributed by atoms with van der Waals surface area (Å²) in [5.74, 6) is -7.25. The third-order valence-electron chi connectivity index (χ3n) is 2.29. The topological polar surface area (TPSA) is 66.4 Å². The van der Waals surface area contributed by atoms with Gasteiger partial charge in [-0.3, -0.25) is 4.79 Å². The minimum absolute atomic E-state index is 0.0758. The van der Waals surface area contributed by atoms with Crippen molar-refractivity contribution in [1.29, 1.82) is 0 Å². The summed E-state index contributed by atoms with van der Waals surface area (Å²) in [6.45, 7) is 1.50. The van der Waals surface area contributed by atoms with Gasteiger partial charge in [0.1, 0.15) is 6.04 Å². The Morgan fingerprint density at radius 3 is 2.39 bits per heavy atom. The molecule has 1 rings (SSSR count). The molecular formula is C11H10F3NO3. The van der Waals surface area contributed by atoms with Gasteiger partial charge in [0.15, 0.2) is 17.5 Å². The molecule has 2 N–H and O–H groups in total. The van der Waals surface area contributed by atoms with Crippen LogP contribution in [0, 0.1) is 17.5 Å². The summed E-state index contributed by atoms with van der Waals surface area (Å²) < 4.78 is 38.8. The van der Waals surface area contributed by atoms with Crippen LogP contribution in [0.5, 0.6) is 0 Å². The van der Waals surface area contributed by atoms with Crippen LogP contribution in [0.4, 0.5) is 13.2 Å². The highest BCUT2D eigenvalue weighted by Gasteiger charge is 2.23. The number of carbonyl (C=O) groups excluding carboxylic acids is 1. The van der Waals surface area contributed by atoms with Gasteiger partial charge in [-0.2, -0.15) is 0 Å². The molecule has 4 nitrogen and oxygen atoms in total. The number of carbonyl (C=O) groups is 2. The van der Waals surface area contributed by atoms with E-state index in [1.165, 1.54) is 6.92 Å². The van der Waals surface area contributed by atoms with Crippen LogP contribution in [0.1, 0.15) is 23.7 Å². The Bertz CT molecular complexity index is 491. The molecule has 0 aliphatic heterocycles. The van der Waals surface area contributed by atoms with Gasteiger partial charge in [-0.05, 0) is 18.6 Å². The van der Waals surface area contributed by atoms with Crippen molar-refractivity contribution < 1.29 is 27.9 Å². The lowest BCUT2D eigenvalue weighted by atomic mass is 10.1. The Hall–Kier alpha value is -2.05. The van der Waals surface area contributed by atoms with Crippen LogP contribution in [0.25, 0.3) is 0 Å². The molecule has 0 spiro atoms. The lowest BCUT2D eigenvalue weighted by Crippen LogP contribution is -2.40. The smallest absolute Gasteiger partial charge is 0.326 e. The number of hydrogen-bond donors (Lipinski definition) is 2. The fourth-order valence-corrected chi connectivity index (χ4v) is 1.28. The Balaban J connectivity index is 2.98. The molecule has 0 radical (unpaired) electrons. The number of aliphatic carboxylic acids is 1. The molecule has 0 saturated carbocycles. The molecule has 1 aromatic rings. The van der Waals surface area contributed by atoms with Crippen LogP contribution in [0.2, 0.25) is 0 Å². The number of nitrogens with one attached hydrogen (secondary N) is 1. The molecule has 1 aromatic carbocycles. The first-order valence-corrected chi connectivity index (χ1v) is 5.05. The van der Waals surface area contributed by atoms with Crippen LogP contribution >= 0.6 is 0 Å². The first-order chi connectivity index (χ1) is 8.38. The Kier molecular flexibility index (Phi) is 4.30. The molecule has 98 valence electrons. The molecule has 0 aromatic heterocycles. The largest absolute Gasteiger partial charge is 0.480 e. The molecule has 0 aliphatic rings. The normalized spacial score (nSPS) is 12.0. The van der Waals surface area contributed by atoms with Crippen molar-refractivity contribution in [1.82, 2.24) is 5.32 Å². The lowest BCUT2D eigenvalue weighted by molar-refractivity contribution is -0.139. The second-order valence-electron chi connectivity index (χ2n) is 3.50. The number of carboxylic acids is 1. The number of hydrogen-bond acceptors (Lipinski definition) is 2. The van der Waals surface area contributed by atoms with Crippen molar-refractivity contribution in [3.05, 3.63) is 35.1 Å². The highest BCUT2D eigenvalue weighted by Crippen LogP contribution is 2.15. The van der Waals surface area contributed by atoms with Crippen LogP contribution in [0.3, 0.4) is 0 Å². The van der Waals surface area contributed by atoms with Gasteiger partial charge in [0.25, 0.3) is 5.91 Å². The quantitative estimate of drug-likeness (QED) is 0.810. The molecule has 0 heterocycles. The molecule has 0 saturated heterocycles. The third kappa shape index (κ3) is 2.79. The van der Waals surface area contributed by atoms with E-state index in [1.54, 1.807) is 0 Å². The maximum atomic E-state index is 13.2. The van der Waals surface area contributed by atoms with E-state index in [1.807, 2.05) is 5.32 Å². The summed E-state index contributed by atoms with van der Waals surface area (Å²) in [7, 11) is 0. The first-order valence-electron chi connectivity index (χ1n) is 5.05. The first kappa shape index (κ1) is 14.0. The van der Waals surface area contributed by atoms with Crippen LogP contribution < -0.4 is 5.32 Å². The maximum Gasteiger partial charge on any atom is 0.326 e. The fraction of sp³-hybridized carbons (Fsp3) is 0.273. The van der Waals surface area contributed by atoms with Crippen LogP contribution in [0.15, 0.2) is 12.1 Å². The van der Waals surface area contributed by atoms with E-state index >= 15 is 0 Å². The summed E-state index contributed by atoms with van der Waals surface area (Å²) in [5, 5.41) is 10.7. The van der Waals surface area contributed by atoms with Crippen molar-refractivity contribution in [2.45, 2.75) is 19.4 Å². The molecule has 0 unspecified atom stereocenters. The van der Waals surface area contributed by atoms with Gasteiger partial charge in [-0.15, -0.1) is 0 Å². The van der Waals surface area contributed by atoms with E-state index < -0.39 is 40.9 Å². The summed E-state index contributed by atoms with van der Waals surface area (Å²) >= 11 is 0. The van der Waals surface area contributed by atoms with E-state index in [-0.39, 0.29) is 6.42 Å². The fourth-order valence-electron chi connectivity index (χ4n) is 1.28. The molecule has 7 heteroatoms. The molecule has 0 bridgehead atoms. The highest BCUT2D eigenvalue weighted by molar-refractivity contribution is 5.96. The predicted octanol–water partition coefficient (Wildman–Crippen LogP) is 1.70. The average Bonchev–Trinajstić information content (AvgIpc) is 2.32. The van der Waals surface area contributed by atoms with Crippen LogP contribution in [-0.2, 0) is 4.79 Å². The van der Waals surface area contributed by atoms with Gasteiger partial charge < -0.3 is 10.4 Å². The summed E-state index contributed by atoms with van der Waals surface area (Å²) in [6.07, 6.45) is 0.0758. The van der Waals surface area contributed by atoms with Crippen molar-refractivity contribution in [2.24, 2.45) is 0 Å². The predicted molar refractivity (Wildman–Crippen MR) is 55.5 cm³/mol. The number of carboxylic acid groups (broad SMARTS) is 1. The standard InChI is InChI=1S/C11H10F3NO3/c1-2-7(11(17)18)15-10(16)5-3-4-6(12)9(14)8(5)13/h3-4,7H,2H2,1H3,(H,15,16)(H,17,18)/t7-/m1/s1. The van der Waals surface area contributed by atoms with Gasteiger partial charge in [0, 0.05) is 0 Å².